The number of anilines is 3. The standard InChI is InChI=1S/C67H78BN/c1-43-18-17-19-46(36-43)49-38-56-47(23-20-44-21-27-50(28-22-44)63(2,3)4)37-48-26-31-53(66(11,12)13)41-57(48)68-58-42-54(67(14,15)16)33-35-60(58)69(61(39-49)62(56)68)59-34-32-52(65(8,9)10)40-55(59)45-24-29-51(30-25-45)64(5,6)7/h17-19,21-22,24-36,38-42,47H,20,23,37H2,1-16H3. The van der Waals surface area contributed by atoms with E-state index in [-0.39, 0.29) is 33.8 Å². The molecule has 1 atom stereocenters. The van der Waals surface area contributed by atoms with E-state index in [9.17, 15) is 0 Å². The summed E-state index contributed by atoms with van der Waals surface area (Å²) in [6, 6.07) is 55.7. The van der Waals surface area contributed by atoms with Crippen molar-refractivity contribution in [2.75, 3.05) is 4.90 Å². The molecule has 7 aromatic rings. The van der Waals surface area contributed by atoms with Crippen LogP contribution in [0.1, 0.15) is 166 Å². The van der Waals surface area contributed by atoms with E-state index in [2.05, 4.69) is 255 Å². The van der Waals surface area contributed by atoms with E-state index in [4.69, 9.17) is 0 Å². The van der Waals surface area contributed by atoms with Crippen molar-refractivity contribution in [1.82, 2.24) is 0 Å². The molecule has 9 rings (SSSR count). The monoisotopic (exact) mass is 908 g/mol. The molecule has 0 saturated carbocycles. The van der Waals surface area contributed by atoms with Crippen LogP contribution in [0.25, 0.3) is 22.3 Å². The zero-order valence-corrected chi connectivity index (χ0v) is 45.0. The predicted octanol–water partition coefficient (Wildman–Crippen LogP) is 16.4. The molecule has 0 aliphatic carbocycles. The first-order chi connectivity index (χ1) is 32.3. The molecule has 0 saturated heterocycles. The Hall–Kier alpha value is -5.60. The van der Waals surface area contributed by atoms with Gasteiger partial charge in [0.15, 0.2) is 0 Å². The van der Waals surface area contributed by atoms with Gasteiger partial charge < -0.3 is 4.90 Å². The molecule has 1 nitrogen and oxygen atoms in total. The largest absolute Gasteiger partial charge is 0.311 e. The van der Waals surface area contributed by atoms with Gasteiger partial charge in [-0.25, -0.2) is 0 Å². The summed E-state index contributed by atoms with van der Waals surface area (Å²) in [5, 5.41) is 0. The highest BCUT2D eigenvalue weighted by atomic mass is 15.2. The molecule has 2 aliphatic rings. The second kappa shape index (κ2) is 17.4. The summed E-state index contributed by atoms with van der Waals surface area (Å²) in [4.78, 5) is 2.69. The van der Waals surface area contributed by atoms with Crippen molar-refractivity contribution in [1.29, 1.82) is 0 Å². The third-order valence-corrected chi connectivity index (χ3v) is 15.5. The van der Waals surface area contributed by atoms with Gasteiger partial charge in [-0.3, -0.25) is 0 Å². The van der Waals surface area contributed by atoms with Crippen molar-refractivity contribution in [2.24, 2.45) is 0 Å². The molecule has 1 unspecified atom stereocenters. The summed E-state index contributed by atoms with van der Waals surface area (Å²) in [7, 11) is 0. The van der Waals surface area contributed by atoms with Gasteiger partial charge in [0, 0.05) is 16.9 Å². The van der Waals surface area contributed by atoms with E-state index in [1.807, 2.05) is 0 Å². The van der Waals surface area contributed by atoms with Crippen LogP contribution in [-0.4, -0.2) is 6.71 Å². The van der Waals surface area contributed by atoms with E-state index < -0.39 is 0 Å². The molecule has 2 heterocycles. The normalized spacial score (nSPS) is 15.1. The molecular formula is C67H78BN. The van der Waals surface area contributed by atoms with Crippen molar-refractivity contribution in [2.45, 2.75) is 163 Å². The number of benzene rings is 7. The molecule has 0 radical (unpaired) electrons. The second-order valence-corrected chi connectivity index (χ2v) is 26.0. The third kappa shape index (κ3) is 9.55. The maximum Gasteiger partial charge on any atom is 0.247 e. The molecule has 2 aliphatic heterocycles. The Labute approximate surface area is 417 Å². The van der Waals surface area contributed by atoms with E-state index in [0.29, 0.717) is 5.92 Å². The van der Waals surface area contributed by atoms with Gasteiger partial charge in [-0.15, -0.1) is 0 Å². The Balaban J connectivity index is 1.38. The Bertz CT molecular complexity index is 3040. The summed E-state index contributed by atoms with van der Waals surface area (Å²) >= 11 is 0. The van der Waals surface area contributed by atoms with Crippen molar-refractivity contribution < 1.29 is 0 Å². The first-order valence-electron chi connectivity index (χ1n) is 25.9. The highest BCUT2D eigenvalue weighted by molar-refractivity contribution is 6.98. The lowest BCUT2D eigenvalue weighted by Gasteiger charge is -2.41. The van der Waals surface area contributed by atoms with Gasteiger partial charge in [0.1, 0.15) is 0 Å². The molecule has 0 N–H and O–H groups in total. The summed E-state index contributed by atoms with van der Waals surface area (Å²) in [6.45, 7) is 37.4. The van der Waals surface area contributed by atoms with Gasteiger partial charge in [-0.1, -0.05) is 236 Å². The number of aryl methyl sites for hydroxylation is 2. The van der Waals surface area contributed by atoms with Crippen LogP contribution in [0.15, 0.2) is 140 Å². The van der Waals surface area contributed by atoms with Crippen LogP contribution in [0.3, 0.4) is 0 Å². The second-order valence-electron chi connectivity index (χ2n) is 26.0. The van der Waals surface area contributed by atoms with Crippen LogP contribution < -0.4 is 21.3 Å². The summed E-state index contributed by atoms with van der Waals surface area (Å²) in [6.07, 6.45) is 3.09. The lowest BCUT2D eigenvalue weighted by molar-refractivity contribution is 0.588. The summed E-state index contributed by atoms with van der Waals surface area (Å²) in [5.41, 5.74) is 25.9. The van der Waals surface area contributed by atoms with Crippen LogP contribution in [0.4, 0.5) is 17.1 Å². The number of nitrogens with zero attached hydrogens (tertiary/aromatic N) is 1. The van der Waals surface area contributed by atoms with Gasteiger partial charge in [0.05, 0.1) is 5.69 Å². The Morgan fingerprint density at radius 3 is 1.55 bits per heavy atom. The molecule has 354 valence electrons. The van der Waals surface area contributed by atoms with Gasteiger partial charge in [-0.05, 0) is 150 Å². The SMILES string of the molecule is Cc1cccc(-c2cc3c4c(c2)N(c2ccc(C(C)(C)C)cc2-c2ccc(C(C)(C)C)cc2)c2ccc(C(C)(C)C)cc2B4c2cc(C(C)(C)C)ccc2CC3CCc2ccc(C(C)(C)C)cc2)c1. The fourth-order valence-electron chi connectivity index (χ4n) is 11.1. The number of fused-ring (bicyclic) bond motifs is 4. The van der Waals surface area contributed by atoms with Crippen molar-refractivity contribution in [3.63, 3.8) is 0 Å². The Morgan fingerprint density at radius 2 is 0.971 bits per heavy atom. The molecule has 0 fully saturated rings. The number of rotatable bonds is 6. The fraction of sp³-hybridized carbons (Fsp3) is 0.373. The summed E-state index contributed by atoms with van der Waals surface area (Å²) < 4.78 is 0. The molecule has 2 heteroatoms. The van der Waals surface area contributed by atoms with Gasteiger partial charge in [-0.2, -0.15) is 0 Å². The molecule has 7 aromatic carbocycles. The minimum absolute atomic E-state index is 0.00364. The highest BCUT2D eigenvalue weighted by Crippen LogP contribution is 2.47. The fourth-order valence-corrected chi connectivity index (χ4v) is 11.1. The Morgan fingerprint density at radius 1 is 0.449 bits per heavy atom. The maximum atomic E-state index is 2.69. The van der Waals surface area contributed by atoms with Gasteiger partial charge >= 0.3 is 0 Å². The number of hydrogen-bond acceptors (Lipinski definition) is 1. The highest BCUT2D eigenvalue weighted by Gasteiger charge is 2.43. The van der Waals surface area contributed by atoms with Crippen LogP contribution in [0, 0.1) is 6.92 Å². The minimum Gasteiger partial charge on any atom is -0.311 e. The first kappa shape index (κ1) is 48.4. The van der Waals surface area contributed by atoms with Gasteiger partial charge in [0.2, 0.25) is 6.71 Å². The summed E-state index contributed by atoms with van der Waals surface area (Å²) in [5.74, 6) is 0.303. The topological polar surface area (TPSA) is 3.24 Å². The Kier molecular flexibility index (Phi) is 12.2. The van der Waals surface area contributed by atoms with Gasteiger partial charge in [0.25, 0.3) is 0 Å². The maximum absolute atomic E-state index is 2.69. The lowest BCUT2D eigenvalue weighted by Crippen LogP contribution is -2.59. The molecule has 0 bridgehead atoms. The smallest absolute Gasteiger partial charge is 0.247 e. The van der Waals surface area contributed by atoms with E-state index in [0.717, 1.165) is 19.3 Å². The van der Waals surface area contributed by atoms with E-state index >= 15 is 0 Å². The molecule has 0 spiro atoms. The number of hydrogen-bond donors (Lipinski definition) is 0. The van der Waals surface area contributed by atoms with Crippen LogP contribution in [-0.2, 0) is 39.9 Å². The molecule has 0 aromatic heterocycles. The quantitative estimate of drug-likeness (QED) is 0.150. The average Bonchev–Trinajstić information content (AvgIpc) is 3.41. The molecule has 69 heavy (non-hydrogen) atoms. The van der Waals surface area contributed by atoms with Crippen LogP contribution >= 0.6 is 0 Å². The third-order valence-electron chi connectivity index (χ3n) is 15.5. The first-order valence-corrected chi connectivity index (χ1v) is 25.9. The van der Waals surface area contributed by atoms with Crippen molar-refractivity contribution in [3.8, 4) is 22.3 Å². The molecular weight excluding hydrogens is 830 g/mol. The van der Waals surface area contributed by atoms with Crippen molar-refractivity contribution in [3.05, 3.63) is 190 Å². The molecule has 0 amide bonds. The minimum atomic E-state index is -0.0296. The zero-order valence-electron chi connectivity index (χ0n) is 45.0. The lowest BCUT2D eigenvalue weighted by atomic mass is 9.33. The van der Waals surface area contributed by atoms with E-state index in [1.165, 1.54) is 106 Å². The van der Waals surface area contributed by atoms with Crippen molar-refractivity contribution >= 4 is 40.2 Å². The van der Waals surface area contributed by atoms with Crippen LogP contribution in [0.2, 0.25) is 0 Å². The van der Waals surface area contributed by atoms with E-state index in [1.54, 1.807) is 0 Å². The zero-order chi connectivity index (χ0) is 49.6. The predicted molar refractivity (Wildman–Crippen MR) is 303 cm³/mol. The average molecular weight is 908 g/mol. The van der Waals surface area contributed by atoms with Crippen LogP contribution in [0.5, 0.6) is 0 Å².